The molecule has 0 spiro atoms. The summed E-state index contributed by atoms with van der Waals surface area (Å²) >= 11 is 0. The third-order valence-corrected chi connectivity index (χ3v) is 2.25. The van der Waals surface area contributed by atoms with Gasteiger partial charge >= 0.3 is 0 Å². The van der Waals surface area contributed by atoms with E-state index in [0.717, 1.165) is 11.4 Å². The zero-order chi connectivity index (χ0) is 11.3. The Morgan fingerprint density at radius 2 is 2.00 bits per heavy atom. The molecule has 0 saturated carbocycles. The first kappa shape index (κ1) is 11.8. The topological polar surface area (TPSA) is 57.2 Å². The second kappa shape index (κ2) is 4.98. The Morgan fingerprint density at radius 3 is 2.60 bits per heavy atom. The number of nitrogens with zero attached hydrogens (tertiary/aromatic N) is 1. The summed E-state index contributed by atoms with van der Waals surface area (Å²) in [6, 6.07) is 1.99. The number of aliphatic hydroxyl groups excluding tert-OH is 1. The van der Waals surface area contributed by atoms with Gasteiger partial charge in [0, 0.05) is 19.2 Å². The molecule has 0 saturated heterocycles. The quantitative estimate of drug-likeness (QED) is 0.691. The van der Waals surface area contributed by atoms with Crippen molar-refractivity contribution in [3.8, 4) is 0 Å². The molecule has 15 heavy (non-hydrogen) atoms. The highest BCUT2D eigenvalue weighted by molar-refractivity contribution is 5.54. The molecular formula is C11H19N3O. The van der Waals surface area contributed by atoms with Crippen molar-refractivity contribution in [3.05, 3.63) is 18.5 Å². The zero-order valence-electron chi connectivity index (χ0n) is 9.54. The second-order valence-electron chi connectivity index (χ2n) is 4.19. The Balaban J connectivity index is 2.71. The maximum atomic E-state index is 8.91. The highest BCUT2D eigenvalue weighted by Crippen LogP contribution is 2.19. The second-order valence-corrected chi connectivity index (χ2v) is 4.19. The van der Waals surface area contributed by atoms with Crippen molar-refractivity contribution in [2.75, 3.05) is 24.3 Å². The van der Waals surface area contributed by atoms with Gasteiger partial charge < -0.3 is 15.7 Å². The Morgan fingerprint density at radius 1 is 1.33 bits per heavy atom. The standard InChI is InChI=1S/C11H19N3O/c1-11(2,4-5-15)14-10-6-9(12-3)7-13-8-10/h6-8,12,14-15H,4-5H2,1-3H3. The van der Waals surface area contributed by atoms with Gasteiger partial charge in [-0.25, -0.2) is 0 Å². The lowest BCUT2D eigenvalue weighted by Gasteiger charge is -2.26. The number of aliphatic hydroxyl groups is 1. The first-order chi connectivity index (χ1) is 7.07. The molecule has 1 heterocycles. The predicted molar refractivity (Wildman–Crippen MR) is 63.2 cm³/mol. The van der Waals surface area contributed by atoms with Crippen LogP contribution in [0.3, 0.4) is 0 Å². The van der Waals surface area contributed by atoms with Crippen molar-refractivity contribution in [1.29, 1.82) is 0 Å². The van der Waals surface area contributed by atoms with Gasteiger partial charge in [0.25, 0.3) is 0 Å². The maximum Gasteiger partial charge on any atom is 0.0551 e. The van der Waals surface area contributed by atoms with Crippen molar-refractivity contribution < 1.29 is 5.11 Å². The van der Waals surface area contributed by atoms with Crippen molar-refractivity contribution in [3.63, 3.8) is 0 Å². The van der Waals surface area contributed by atoms with Crippen LogP contribution in [0.2, 0.25) is 0 Å². The van der Waals surface area contributed by atoms with E-state index in [1.54, 1.807) is 12.4 Å². The van der Waals surface area contributed by atoms with E-state index in [1.807, 2.05) is 13.1 Å². The van der Waals surface area contributed by atoms with Gasteiger partial charge in [-0.3, -0.25) is 4.98 Å². The van der Waals surface area contributed by atoms with Gasteiger partial charge in [-0.15, -0.1) is 0 Å². The van der Waals surface area contributed by atoms with Gasteiger partial charge in [0.2, 0.25) is 0 Å². The van der Waals surface area contributed by atoms with Gasteiger partial charge in [0.1, 0.15) is 0 Å². The summed E-state index contributed by atoms with van der Waals surface area (Å²) in [5.74, 6) is 0. The van der Waals surface area contributed by atoms with Crippen LogP contribution in [0.15, 0.2) is 18.5 Å². The zero-order valence-corrected chi connectivity index (χ0v) is 9.54. The monoisotopic (exact) mass is 209 g/mol. The molecule has 0 fully saturated rings. The molecule has 0 atom stereocenters. The van der Waals surface area contributed by atoms with Gasteiger partial charge in [0.05, 0.1) is 23.8 Å². The average Bonchev–Trinajstić information content (AvgIpc) is 2.17. The molecule has 0 aliphatic carbocycles. The molecule has 0 amide bonds. The van der Waals surface area contributed by atoms with Crippen LogP contribution >= 0.6 is 0 Å². The molecule has 84 valence electrons. The van der Waals surface area contributed by atoms with Crippen LogP contribution < -0.4 is 10.6 Å². The summed E-state index contributed by atoms with van der Waals surface area (Å²) in [5.41, 5.74) is 1.81. The largest absolute Gasteiger partial charge is 0.396 e. The van der Waals surface area contributed by atoms with Crippen LogP contribution in [0.4, 0.5) is 11.4 Å². The molecule has 0 aliphatic heterocycles. The van der Waals surface area contributed by atoms with Crippen LogP contribution in [0.25, 0.3) is 0 Å². The number of hydrogen-bond donors (Lipinski definition) is 3. The molecular weight excluding hydrogens is 190 g/mol. The lowest BCUT2D eigenvalue weighted by molar-refractivity contribution is 0.261. The number of rotatable bonds is 5. The maximum absolute atomic E-state index is 8.91. The average molecular weight is 209 g/mol. The summed E-state index contributed by atoms with van der Waals surface area (Å²) in [6.07, 6.45) is 4.25. The van der Waals surface area contributed by atoms with Crippen molar-refractivity contribution in [2.45, 2.75) is 25.8 Å². The molecule has 1 aromatic rings. The number of pyridine rings is 1. The number of hydrogen-bond acceptors (Lipinski definition) is 4. The summed E-state index contributed by atoms with van der Waals surface area (Å²) in [7, 11) is 1.86. The molecule has 3 N–H and O–H groups in total. The number of anilines is 2. The summed E-state index contributed by atoms with van der Waals surface area (Å²) in [6.45, 7) is 4.28. The van der Waals surface area contributed by atoms with Gasteiger partial charge in [-0.05, 0) is 26.3 Å². The lowest BCUT2D eigenvalue weighted by Crippen LogP contribution is -2.31. The van der Waals surface area contributed by atoms with Crippen LogP contribution in [0.1, 0.15) is 20.3 Å². The van der Waals surface area contributed by atoms with E-state index in [9.17, 15) is 0 Å². The van der Waals surface area contributed by atoms with Crippen molar-refractivity contribution in [2.24, 2.45) is 0 Å². The normalized spacial score (nSPS) is 11.2. The summed E-state index contributed by atoms with van der Waals surface area (Å²) in [5, 5.41) is 15.3. The fourth-order valence-electron chi connectivity index (χ4n) is 1.38. The van der Waals surface area contributed by atoms with Crippen LogP contribution in [0, 0.1) is 0 Å². The van der Waals surface area contributed by atoms with Crippen LogP contribution in [-0.4, -0.2) is 29.3 Å². The smallest absolute Gasteiger partial charge is 0.0551 e. The summed E-state index contributed by atoms with van der Waals surface area (Å²) in [4.78, 5) is 4.11. The first-order valence-electron chi connectivity index (χ1n) is 5.09. The Bertz CT molecular complexity index is 312. The van der Waals surface area contributed by atoms with Crippen LogP contribution in [0.5, 0.6) is 0 Å². The highest BCUT2D eigenvalue weighted by Gasteiger charge is 2.16. The van der Waals surface area contributed by atoms with Gasteiger partial charge in [-0.1, -0.05) is 0 Å². The first-order valence-corrected chi connectivity index (χ1v) is 5.09. The van der Waals surface area contributed by atoms with E-state index < -0.39 is 0 Å². The van der Waals surface area contributed by atoms with E-state index in [1.165, 1.54) is 0 Å². The third-order valence-electron chi connectivity index (χ3n) is 2.25. The molecule has 0 unspecified atom stereocenters. The SMILES string of the molecule is CNc1cncc(NC(C)(C)CCO)c1. The summed E-state index contributed by atoms with van der Waals surface area (Å²) < 4.78 is 0. The Hall–Kier alpha value is -1.29. The van der Waals surface area contributed by atoms with Gasteiger partial charge in [0.15, 0.2) is 0 Å². The van der Waals surface area contributed by atoms with E-state index in [-0.39, 0.29) is 12.1 Å². The predicted octanol–water partition coefficient (Wildman–Crippen LogP) is 1.70. The molecule has 4 heteroatoms. The van der Waals surface area contributed by atoms with E-state index in [4.69, 9.17) is 5.11 Å². The minimum atomic E-state index is -0.122. The molecule has 0 radical (unpaired) electrons. The molecule has 0 bridgehead atoms. The van der Waals surface area contributed by atoms with Gasteiger partial charge in [-0.2, -0.15) is 0 Å². The Labute approximate surface area is 90.7 Å². The number of nitrogens with one attached hydrogen (secondary N) is 2. The highest BCUT2D eigenvalue weighted by atomic mass is 16.3. The number of aromatic nitrogens is 1. The van der Waals surface area contributed by atoms with Crippen molar-refractivity contribution >= 4 is 11.4 Å². The minimum Gasteiger partial charge on any atom is -0.396 e. The van der Waals surface area contributed by atoms with Crippen LogP contribution in [-0.2, 0) is 0 Å². The van der Waals surface area contributed by atoms with E-state index in [2.05, 4.69) is 29.5 Å². The van der Waals surface area contributed by atoms with E-state index >= 15 is 0 Å². The molecule has 0 aliphatic rings. The fraction of sp³-hybridized carbons (Fsp3) is 0.545. The molecule has 1 rings (SSSR count). The Kier molecular flexibility index (Phi) is 3.91. The fourth-order valence-corrected chi connectivity index (χ4v) is 1.38. The van der Waals surface area contributed by atoms with E-state index in [0.29, 0.717) is 6.42 Å². The molecule has 1 aromatic heterocycles. The molecule has 4 nitrogen and oxygen atoms in total. The van der Waals surface area contributed by atoms with Crippen molar-refractivity contribution in [1.82, 2.24) is 4.98 Å². The molecule has 0 aromatic carbocycles. The lowest BCUT2D eigenvalue weighted by atomic mass is 10.0. The minimum absolute atomic E-state index is 0.122. The third kappa shape index (κ3) is 3.75.